The number of imidazole rings is 1. The Labute approximate surface area is 116 Å². The maximum atomic E-state index is 10.1. The van der Waals surface area contributed by atoms with Crippen molar-refractivity contribution >= 4 is 22.6 Å². The Balaban J connectivity index is 2.24. The van der Waals surface area contributed by atoms with Crippen molar-refractivity contribution in [3.05, 3.63) is 17.0 Å². The smallest absolute Gasteiger partial charge is 0.243 e. The third kappa shape index (κ3) is 1.97. The van der Waals surface area contributed by atoms with E-state index in [0.29, 0.717) is 16.5 Å². The first kappa shape index (κ1) is 12.7. The van der Waals surface area contributed by atoms with Crippen LogP contribution >= 0.6 is 11.6 Å². The first-order chi connectivity index (χ1) is 9.11. The Hall–Kier alpha value is -1.33. The minimum absolute atomic E-state index is 0.0631. The lowest BCUT2D eigenvalue weighted by molar-refractivity contribution is 0.137. The molecule has 1 N–H and O–H groups in total. The molecule has 1 saturated carbocycles. The summed E-state index contributed by atoms with van der Waals surface area (Å²) in [6, 6.07) is 1.85. The number of halogens is 1. The van der Waals surface area contributed by atoms with Crippen LogP contribution in [0.15, 0.2) is 6.07 Å². The number of aliphatic hydroxyl groups excluding tert-OH is 1. The van der Waals surface area contributed by atoms with E-state index in [9.17, 15) is 5.11 Å². The standard InChI is InChI=1S/C13H16ClN3O2/c1-7-15-12-9(6-11(14)16-13(12)19-2)17(7)8-4-3-5-10(8)18/h6,8,10,18H,3-5H2,1-2H3. The summed E-state index contributed by atoms with van der Waals surface area (Å²) in [5, 5.41) is 10.5. The lowest BCUT2D eigenvalue weighted by atomic mass is 10.2. The SMILES string of the molecule is COc1nc(Cl)cc2c1nc(C)n2C1CCCC1O. The van der Waals surface area contributed by atoms with E-state index in [1.807, 2.05) is 6.92 Å². The summed E-state index contributed by atoms with van der Waals surface area (Å²) in [5.41, 5.74) is 1.57. The molecule has 2 atom stereocenters. The van der Waals surface area contributed by atoms with Crippen LogP contribution in [0.1, 0.15) is 31.1 Å². The van der Waals surface area contributed by atoms with Crippen LogP contribution in [0.4, 0.5) is 0 Å². The molecule has 102 valence electrons. The van der Waals surface area contributed by atoms with E-state index in [1.165, 1.54) is 0 Å². The zero-order valence-electron chi connectivity index (χ0n) is 10.9. The number of hydrogen-bond donors (Lipinski definition) is 1. The predicted molar refractivity (Wildman–Crippen MR) is 72.7 cm³/mol. The predicted octanol–water partition coefficient (Wildman–Crippen LogP) is 2.49. The lowest BCUT2D eigenvalue weighted by Gasteiger charge is -2.19. The molecule has 0 amide bonds. The van der Waals surface area contributed by atoms with Crippen LogP contribution in [0.25, 0.3) is 11.0 Å². The first-order valence-corrected chi connectivity index (χ1v) is 6.76. The largest absolute Gasteiger partial charge is 0.479 e. The Morgan fingerprint density at radius 1 is 1.42 bits per heavy atom. The van der Waals surface area contributed by atoms with Gasteiger partial charge in [0.15, 0.2) is 5.52 Å². The lowest BCUT2D eigenvalue weighted by Crippen LogP contribution is -2.19. The van der Waals surface area contributed by atoms with Gasteiger partial charge in [0, 0.05) is 6.07 Å². The Morgan fingerprint density at radius 2 is 2.21 bits per heavy atom. The molecule has 0 saturated heterocycles. The van der Waals surface area contributed by atoms with E-state index in [4.69, 9.17) is 16.3 Å². The molecule has 0 radical (unpaired) electrons. The highest BCUT2D eigenvalue weighted by Gasteiger charge is 2.30. The highest BCUT2D eigenvalue weighted by molar-refractivity contribution is 6.30. The summed E-state index contributed by atoms with van der Waals surface area (Å²) in [4.78, 5) is 8.63. The average Bonchev–Trinajstić information content (AvgIpc) is 2.91. The van der Waals surface area contributed by atoms with Gasteiger partial charge in [-0.25, -0.2) is 4.98 Å². The Bertz CT molecular complexity index is 626. The van der Waals surface area contributed by atoms with E-state index in [1.54, 1.807) is 13.2 Å². The molecule has 6 heteroatoms. The number of rotatable bonds is 2. The number of hydrogen-bond acceptors (Lipinski definition) is 4. The van der Waals surface area contributed by atoms with Crippen LogP contribution in [0.2, 0.25) is 5.15 Å². The molecule has 0 aliphatic heterocycles. The van der Waals surface area contributed by atoms with Gasteiger partial charge in [0.1, 0.15) is 11.0 Å². The van der Waals surface area contributed by atoms with Gasteiger partial charge in [0.2, 0.25) is 5.88 Å². The van der Waals surface area contributed by atoms with Crippen LogP contribution in [0, 0.1) is 6.92 Å². The molecule has 3 rings (SSSR count). The molecule has 0 aromatic carbocycles. The maximum absolute atomic E-state index is 10.1. The van der Waals surface area contributed by atoms with Gasteiger partial charge in [-0.05, 0) is 26.2 Å². The third-order valence-corrected chi connectivity index (χ3v) is 3.95. The van der Waals surface area contributed by atoms with Gasteiger partial charge in [-0.15, -0.1) is 0 Å². The van der Waals surface area contributed by atoms with E-state index in [0.717, 1.165) is 30.6 Å². The van der Waals surface area contributed by atoms with Crippen molar-refractivity contribution in [1.82, 2.24) is 14.5 Å². The van der Waals surface area contributed by atoms with Crippen LogP contribution in [-0.2, 0) is 0 Å². The van der Waals surface area contributed by atoms with Gasteiger partial charge in [0.25, 0.3) is 0 Å². The molecule has 19 heavy (non-hydrogen) atoms. The fraction of sp³-hybridized carbons (Fsp3) is 0.538. The molecule has 2 aromatic heterocycles. The second-order valence-corrected chi connectivity index (χ2v) is 5.30. The maximum Gasteiger partial charge on any atom is 0.243 e. The molecular weight excluding hydrogens is 266 g/mol. The number of aliphatic hydroxyl groups is 1. The molecule has 2 heterocycles. The number of ether oxygens (including phenoxy) is 1. The summed E-state index contributed by atoms with van der Waals surface area (Å²) in [6.07, 6.45) is 2.49. The topological polar surface area (TPSA) is 60.2 Å². The molecular formula is C13H16ClN3O2. The van der Waals surface area contributed by atoms with Crippen molar-refractivity contribution in [3.63, 3.8) is 0 Å². The molecule has 0 spiro atoms. The zero-order chi connectivity index (χ0) is 13.6. The first-order valence-electron chi connectivity index (χ1n) is 6.39. The van der Waals surface area contributed by atoms with Crippen LogP contribution in [0.5, 0.6) is 5.88 Å². The van der Waals surface area contributed by atoms with Gasteiger partial charge in [-0.2, -0.15) is 4.98 Å². The van der Waals surface area contributed by atoms with Crippen molar-refractivity contribution in [2.24, 2.45) is 0 Å². The number of pyridine rings is 1. The van der Waals surface area contributed by atoms with E-state index >= 15 is 0 Å². The van der Waals surface area contributed by atoms with Crippen LogP contribution in [-0.4, -0.2) is 32.9 Å². The van der Waals surface area contributed by atoms with Crippen LogP contribution < -0.4 is 4.74 Å². The summed E-state index contributed by atoms with van der Waals surface area (Å²) < 4.78 is 7.29. The molecule has 2 unspecified atom stereocenters. The fourth-order valence-electron chi connectivity index (χ4n) is 2.93. The highest BCUT2D eigenvalue weighted by Crippen LogP contribution is 2.36. The minimum Gasteiger partial charge on any atom is -0.479 e. The van der Waals surface area contributed by atoms with Crippen molar-refractivity contribution in [1.29, 1.82) is 0 Å². The van der Waals surface area contributed by atoms with Crippen molar-refractivity contribution < 1.29 is 9.84 Å². The number of methoxy groups -OCH3 is 1. The number of fused-ring (bicyclic) bond motifs is 1. The molecule has 1 aliphatic rings. The van der Waals surface area contributed by atoms with Crippen molar-refractivity contribution in [2.45, 2.75) is 38.3 Å². The second kappa shape index (κ2) is 4.65. The number of aromatic nitrogens is 3. The summed E-state index contributed by atoms with van der Waals surface area (Å²) >= 11 is 6.03. The fourth-order valence-corrected chi connectivity index (χ4v) is 3.11. The zero-order valence-corrected chi connectivity index (χ0v) is 11.7. The summed E-state index contributed by atoms with van der Waals surface area (Å²) in [5.74, 6) is 1.28. The van der Waals surface area contributed by atoms with Gasteiger partial charge < -0.3 is 14.4 Å². The number of nitrogens with zero attached hydrogens (tertiary/aromatic N) is 3. The van der Waals surface area contributed by atoms with E-state index in [2.05, 4.69) is 14.5 Å². The molecule has 1 aliphatic carbocycles. The summed E-state index contributed by atoms with van der Waals surface area (Å²) in [7, 11) is 1.55. The highest BCUT2D eigenvalue weighted by atomic mass is 35.5. The second-order valence-electron chi connectivity index (χ2n) is 4.92. The van der Waals surface area contributed by atoms with Crippen LogP contribution in [0.3, 0.4) is 0 Å². The van der Waals surface area contributed by atoms with Gasteiger partial charge in [0.05, 0.1) is 24.8 Å². The number of aryl methyl sites for hydroxylation is 1. The monoisotopic (exact) mass is 281 g/mol. The minimum atomic E-state index is -0.325. The summed E-state index contributed by atoms with van der Waals surface area (Å²) in [6.45, 7) is 1.93. The quantitative estimate of drug-likeness (QED) is 0.859. The molecule has 2 aromatic rings. The van der Waals surface area contributed by atoms with Gasteiger partial charge in [-0.3, -0.25) is 0 Å². The third-order valence-electron chi connectivity index (χ3n) is 3.76. The van der Waals surface area contributed by atoms with E-state index in [-0.39, 0.29) is 12.1 Å². The van der Waals surface area contributed by atoms with E-state index < -0.39 is 0 Å². The molecule has 0 bridgehead atoms. The van der Waals surface area contributed by atoms with Gasteiger partial charge >= 0.3 is 0 Å². The normalized spacial score (nSPS) is 23.2. The molecule has 5 nitrogen and oxygen atoms in total. The molecule has 1 fully saturated rings. The van der Waals surface area contributed by atoms with Crippen molar-refractivity contribution in [3.8, 4) is 5.88 Å². The Morgan fingerprint density at radius 3 is 2.84 bits per heavy atom. The van der Waals surface area contributed by atoms with Gasteiger partial charge in [-0.1, -0.05) is 11.6 Å². The average molecular weight is 282 g/mol. The Kier molecular flexibility index (Phi) is 3.11. The van der Waals surface area contributed by atoms with Crippen molar-refractivity contribution in [2.75, 3.05) is 7.11 Å².